The molecule has 1 heterocycles. The highest BCUT2D eigenvalue weighted by Crippen LogP contribution is 2.36. The Labute approximate surface area is 114 Å². The second-order valence-electron chi connectivity index (χ2n) is 6.50. The molecule has 1 saturated carbocycles. The van der Waals surface area contributed by atoms with Crippen molar-refractivity contribution >= 4 is 12.0 Å². The number of nitrogens with zero attached hydrogens (tertiary/aromatic N) is 2. The maximum Gasteiger partial charge on any atom is 0.320 e. The zero-order valence-corrected chi connectivity index (χ0v) is 12.1. The number of likely N-dealkylation sites (N-methyl/N-ethyl adjacent to an activating group) is 1. The van der Waals surface area contributed by atoms with Crippen molar-refractivity contribution in [3.63, 3.8) is 0 Å². The number of carbonyl (C=O) groups excluding carboxylic acids is 1. The van der Waals surface area contributed by atoms with Gasteiger partial charge < -0.3 is 14.9 Å². The maximum absolute atomic E-state index is 12.4. The molecule has 1 N–H and O–H groups in total. The van der Waals surface area contributed by atoms with Crippen molar-refractivity contribution in [2.24, 2.45) is 5.92 Å². The first-order valence-corrected chi connectivity index (χ1v) is 7.09. The third-order valence-corrected chi connectivity index (χ3v) is 4.66. The number of carboxylic acid groups (broad SMARTS) is 1. The molecule has 2 amide bonds. The molecule has 2 fully saturated rings. The van der Waals surface area contributed by atoms with Gasteiger partial charge in [0.25, 0.3) is 0 Å². The van der Waals surface area contributed by atoms with Gasteiger partial charge in [0, 0.05) is 19.1 Å². The predicted octanol–water partition coefficient (Wildman–Crippen LogP) is 2.17. The van der Waals surface area contributed by atoms with Gasteiger partial charge in [-0.15, -0.1) is 0 Å². The van der Waals surface area contributed by atoms with E-state index in [1.807, 2.05) is 25.8 Å². The van der Waals surface area contributed by atoms with Crippen LogP contribution in [0.2, 0.25) is 0 Å². The Morgan fingerprint density at radius 3 is 2.47 bits per heavy atom. The molecule has 1 atom stereocenters. The summed E-state index contributed by atoms with van der Waals surface area (Å²) in [6.45, 7) is 4.34. The van der Waals surface area contributed by atoms with Gasteiger partial charge in [0.1, 0.15) is 0 Å². The Kier molecular flexibility index (Phi) is 3.74. The normalized spacial score (nSPS) is 25.4. The van der Waals surface area contributed by atoms with Gasteiger partial charge in [-0.25, -0.2) is 4.79 Å². The number of rotatable bonds is 4. The highest BCUT2D eigenvalue weighted by Gasteiger charge is 2.45. The lowest BCUT2D eigenvalue weighted by Crippen LogP contribution is -2.47. The van der Waals surface area contributed by atoms with E-state index in [0.717, 1.165) is 0 Å². The molecular formula is C14H24N2O3. The summed E-state index contributed by atoms with van der Waals surface area (Å²) in [5.41, 5.74) is -0.621. The smallest absolute Gasteiger partial charge is 0.320 e. The number of amides is 2. The van der Waals surface area contributed by atoms with Crippen molar-refractivity contribution in [1.82, 2.24) is 9.80 Å². The van der Waals surface area contributed by atoms with E-state index in [4.69, 9.17) is 5.11 Å². The van der Waals surface area contributed by atoms with E-state index in [1.165, 1.54) is 25.7 Å². The van der Waals surface area contributed by atoms with Crippen LogP contribution in [0.1, 0.15) is 46.0 Å². The Bertz CT molecular complexity index is 375. The third-order valence-electron chi connectivity index (χ3n) is 4.66. The Morgan fingerprint density at radius 2 is 1.95 bits per heavy atom. The molecule has 1 aliphatic heterocycles. The van der Waals surface area contributed by atoms with Crippen molar-refractivity contribution in [3.05, 3.63) is 0 Å². The van der Waals surface area contributed by atoms with Crippen LogP contribution >= 0.6 is 0 Å². The van der Waals surface area contributed by atoms with E-state index >= 15 is 0 Å². The zero-order chi connectivity index (χ0) is 14.2. The first kappa shape index (κ1) is 14.2. The average Bonchev–Trinajstić information content (AvgIpc) is 2.87. The fourth-order valence-electron chi connectivity index (χ4n) is 3.50. The van der Waals surface area contributed by atoms with Gasteiger partial charge in [0.2, 0.25) is 0 Å². The summed E-state index contributed by atoms with van der Waals surface area (Å²) in [6, 6.07) is 0.228. The van der Waals surface area contributed by atoms with E-state index < -0.39 is 11.5 Å². The van der Waals surface area contributed by atoms with E-state index in [2.05, 4.69) is 0 Å². The summed E-state index contributed by atoms with van der Waals surface area (Å²) < 4.78 is 0. The lowest BCUT2D eigenvalue weighted by molar-refractivity contribution is -0.139. The van der Waals surface area contributed by atoms with Gasteiger partial charge >= 0.3 is 12.0 Å². The molecule has 0 spiro atoms. The highest BCUT2D eigenvalue weighted by molar-refractivity contribution is 5.79. The van der Waals surface area contributed by atoms with Gasteiger partial charge in [-0.1, -0.05) is 12.8 Å². The second-order valence-corrected chi connectivity index (χ2v) is 6.50. The Morgan fingerprint density at radius 1 is 1.37 bits per heavy atom. The molecule has 1 saturated heterocycles. The maximum atomic E-state index is 12.4. The zero-order valence-electron chi connectivity index (χ0n) is 12.1. The van der Waals surface area contributed by atoms with Crippen molar-refractivity contribution in [3.8, 4) is 0 Å². The summed E-state index contributed by atoms with van der Waals surface area (Å²) in [5.74, 6) is -0.274. The van der Waals surface area contributed by atoms with Gasteiger partial charge in [0.15, 0.2) is 0 Å². The number of urea groups is 1. The molecule has 0 aromatic heterocycles. The molecule has 19 heavy (non-hydrogen) atoms. The lowest BCUT2D eigenvalue weighted by atomic mass is 9.95. The molecule has 5 heteroatoms. The molecule has 0 radical (unpaired) electrons. The number of aliphatic carboxylic acids is 1. The van der Waals surface area contributed by atoms with Crippen LogP contribution in [-0.4, -0.2) is 52.1 Å². The largest absolute Gasteiger partial charge is 0.481 e. The standard InChI is InChI=1S/C14H24N2O3/c1-14(2,8-12(17)18)16-9-11(15(3)13(16)19)10-6-4-5-7-10/h10-11H,4-9H2,1-3H3,(H,17,18). The average molecular weight is 268 g/mol. The molecular weight excluding hydrogens is 244 g/mol. The minimum atomic E-state index is -0.857. The fourth-order valence-corrected chi connectivity index (χ4v) is 3.50. The van der Waals surface area contributed by atoms with Gasteiger partial charge in [-0.05, 0) is 32.6 Å². The first-order chi connectivity index (χ1) is 8.83. The number of carboxylic acids is 1. The van der Waals surface area contributed by atoms with Crippen molar-refractivity contribution in [2.75, 3.05) is 13.6 Å². The van der Waals surface area contributed by atoms with Crippen LogP contribution in [0.3, 0.4) is 0 Å². The van der Waals surface area contributed by atoms with Gasteiger partial charge in [-0.2, -0.15) is 0 Å². The van der Waals surface area contributed by atoms with Crippen LogP contribution in [0.15, 0.2) is 0 Å². The Hall–Kier alpha value is -1.26. The quantitative estimate of drug-likeness (QED) is 0.850. The van der Waals surface area contributed by atoms with Crippen molar-refractivity contribution in [2.45, 2.75) is 57.5 Å². The van der Waals surface area contributed by atoms with E-state index in [-0.39, 0.29) is 18.5 Å². The van der Waals surface area contributed by atoms with Crippen LogP contribution in [0.25, 0.3) is 0 Å². The minimum absolute atomic E-state index is 0.00995. The number of hydrogen-bond acceptors (Lipinski definition) is 2. The monoisotopic (exact) mass is 268 g/mol. The molecule has 0 aromatic carbocycles. The van der Waals surface area contributed by atoms with Gasteiger partial charge in [0.05, 0.1) is 12.5 Å². The van der Waals surface area contributed by atoms with E-state index in [9.17, 15) is 9.59 Å². The minimum Gasteiger partial charge on any atom is -0.481 e. The molecule has 0 aromatic rings. The summed E-state index contributed by atoms with van der Waals surface area (Å²) in [5, 5.41) is 8.99. The van der Waals surface area contributed by atoms with Crippen LogP contribution in [0, 0.1) is 5.92 Å². The SMILES string of the molecule is CN1C(=O)N(C(C)(C)CC(=O)O)CC1C1CCCC1. The third kappa shape index (κ3) is 2.69. The van der Waals surface area contributed by atoms with Crippen LogP contribution in [-0.2, 0) is 4.79 Å². The van der Waals surface area contributed by atoms with E-state index in [0.29, 0.717) is 12.5 Å². The fraction of sp³-hybridized carbons (Fsp3) is 0.857. The summed E-state index contributed by atoms with van der Waals surface area (Å²) in [7, 11) is 1.85. The summed E-state index contributed by atoms with van der Waals surface area (Å²) in [4.78, 5) is 26.9. The lowest BCUT2D eigenvalue weighted by Gasteiger charge is -2.33. The summed E-state index contributed by atoms with van der Waals surface area (Å²) >= 11 is 0. The molecule has 2 rings (SSSR count). The van der Waals surface area contributed by atoms with Crippen molar-refractivity contribution in [1.29, 1.82) is 0 Å². The molecule has 108 valence electrons. The molecule has 1 aliphatic carbocycles. The number of hydrogen-bond donors (Lipinski definition) is 1. The summed E-state index contributed by atoms with van der Waals surface area (Å²) in [6.07, 6.45) is 4.87. The van der Waals surface area contributed by atoms with Gasteiger partial charge in [-0.3, -0.25) is 4.79 Å². The topological polar surface area (TPSA) is 60.9 Å². The van der Waals surface area contributed by atoms with Crippen molar-refractivity contribution < 1.29 is 14.7 Å². The van der Waals surface area contributed by atoms with Crippen LogP contribution in [0.4, 0.5) is 4.79 Å². The molecule has 0 bridgehead atoms. The molecule has 2 aliphatic rings. The Balaban J connectivity index is 2.11. The highest BCUT2D eigenvalue weighted by atomic mass is 16.4. The number of carbonyl (C=O) groups is 2. The van der Waals surface area contributed by atoms with E-state index in [1.54, 1.807) is 4.90 Å². The van der Waals surface area contributed by atoms with Crippen LogP contribution < -0.4 is 0 Å². The predicted molar refractivity (Wildman–Crippen MR) is 71.9 cm³/mol. The van der Waals surface area contributed by atoms with Crippen LogP contribution in [0.5, 0.6) is 0 Å². The molecule has 5 nitrogen and oxygen atoms in total. The first-order valence-electron chi connectivity index (χ1n) is 7.09. The molecule has 1 unspecified atom stereocenters. The second kappa shape index (κ2) is 5.02.